The smallest absolute Gasteiger partial charge is 0.251 e. The van der Waals surface area contributed by atoms with Gasteiger partial charge in [0.2, 0.25) is 5.91 Å². The van der Waals surface area contributed by atoms with E-state index in [-0.39, 0.29) is 30.4 Å². The van der Waals surface area contributed by atoms with E-state index in [0.29, 0.717) is 5.56 Å². The summed E-state index contributed by atoms with van der Waals surface area (Å²) >= 11 is 0. The van der Waals surface area contributed by atoms with Crippen LogP contribution in [0.15, 0.2) is 84.9 Å². The molecule has 2 amide bonds. The van der Waals surface area contributed by atoms with E-state index in [1.54, 1.807) is 24.3 Å². The van der Waals surface area contributed by atoms with E-state index in [9.17, 15) is 9.59 Å². The van der Waals surface area contributed by atoms with Crippen LogP contribution in [0.3, 0.4) is 0 Å². The molecule has 3 aromatic carbocycles. The molecule has 0 fully saturated rings. The van der Waals surface area contributed by atoms with E-state index in [4.69, 9.17) is 0 Å². The number of nitrogens with one attached hydrogen (secondary N) is 3. The standard InChI is InChI=1S/C25H27N3O2/c1-18(20-9-5-3-6-10-20)27-24(29)17-26-23-15-13-22(14-16-23)25(30)28-19(2)21-11-7-4-8-12-21/h3-16,18-19,26H,17H2,1-2H3,(H,27,29)(H,28,30). The highest BCUT2D eigenvalue weighted by Gasteiger charge is 2.12. The first kappa shape index (κ1) is 21.1. The Morgan fingerprint density at radius 2 is 1.20 bits per heavy atom. The van der Waals surface area contributed by atoms with Gasteiger partial charge in [-0.05, 0) is 49.2 Å². The fourth-order valence-corrected chi connectivity index (χ4v) is 3.14. The predicted octanol–water partition coefficient (Wildman–Crippen LogP) is 4.47. The van der Waals surface area contributed by atoms with Crippen molar-refractivity contribution in [2.75, 3.05) is 11.9 Å². The molecular weight excluding hydrogens is 374 g/mol. The van der Waals surface area contributed by atoms with Crippen LogP contribution in [-0.2, 0) is 4.79 Å². The van der Waals surface area contributed by atoms with E-state index in [1.807, 2.05) is 74.5 Å². The van der Waals surface area contributed by atoms with Gasteiger partial charge in [0.25, 0.3) is 5.91 Å². The van der Waals surface area contributed by atoms with E-state index in [1.165, 1.54) is 0 Å². The predicted molar refractivity (Wildman–Crippen MR) is 120 cm³/mol. The maximum Gasteiger partial charge on any atom is 0.251 e. The molecule has 154 valence electrons. The number of hydrogen-bond acceptors (Lipinski definition) is 3. The first-order valence-corrected chi connectivity index (χ1v) is 10.1. The Kier molecular flexibility index (Phi) is 7.22. The monoisotopic (exact) mass is 401 g/mol. The molecule has 3 aromatic rings. The molecule has 5 nitrogen and oxygen atoms in total. The zero-order valence-electron chi connectivity index (χ0n) is 17.3. The Hall–Kier alpha value is -3.60. The van der Waals surface area contributed by atoms with Crippen LogP contribution in [0, 0.1) is 0 Å². The molecule has 3 N–H and O–H groups in total. The summed E-state index contributed by atoms with van der Waals surface area (Å²) in [6.45, 7) is 4.07. The number of amides is 2. The number of hydrogen-bond donors (Lipinski definition) is 3. The zero-order valence-corrected chi connectivity index (χ0v) is 17.3. The minimum absolute atomic E-state index is 0.0572. The second-order valence-corrected chi connectivity index (χ2v) is 7.24. The summed E-state index contributed by atoms with van der Waals surface area (Å²) in [6.07, 6.45) is 0. The Bertz CT molecular complexity index is 957. The molecule has 3 rings (SSSR count). The Labute approximate surface area is 177 Å². The van der Waals surface area contributed by atoms with Crippen LogP contribution in [0.4, 0.5) is 5.69 Å². The molecule has 0 aliphatic heterocycles. The minimum Gasteiger partial charge on any atom is -0.376 e. The summed E-state index contributed by atoms with van der Waals surface area (Å²) in [4.78, 5) is 24.7. The summed E-state index contributed by atoms with van der Waals surface area (Å²) in [6, 6.07) is 26.6. The van der Waals surface area contributed by atoms with Crippen molar-refractivity contribution in [3.8, 4) is 0 Å². The minimum atomic E-state index is -0.132. The first-order chi connectivity index (χ1) is 14.5. The third-order valence-electron chi connectivity index (χ3n) is 4.92. The van der Waals surface area contributed by atoms with Crippen molar-refractivity contribution in [3.05, 3.63) is 102 Å². The highest BCUT2D eigenvalue weighted by molar-refractivity contribution is 5.94. The fourth-order valence-electron chi connectivity index (χ4n) is 3.14. The number of rotatable bonds is 8. The second kappa shape index (κ2) is 10.3. The van der Waals surface area contributed by atoms with Crippen LogP contribution in [0.5, 0.6) is 0 Å². The number of benzene rings is 3. The van der Waals surface area contributed by atoms with Crippen molar-refractivity contribution in [1.29, 1.82) is 0 Å². The normalized spacial score (nSPS) is 12.5. The van der Waals surface area contributed by atoms with Crippen molar-refractivity contribution in [2.24, 2.45) is 0 Å². The van der Waals surface area contributed by atoms with Gasteiger partial charge in [-0.25, -0.2) is 0 Å². The van der Waals surface area contributed by atoms with Gasteiger partial charge in [-0.15, -0.1) is 0 Å². The quantitative estimate of drug-likeness (QED) is 0.522. The van der Waals surface area contributed by atoms with Crippen molar-refractivity contribution >= 4 is 17.5 Å². The van der Waals surface area contributed by atoms with E-state index in [2.05, 4.69) is 16.0 Å². The SMILES string of the molecule is CC(NC(=O)CNc1ccc(C(=O)NC(C)c2ccccc2)cc1)c1ccccc1. The summed E-state index contributed by atoms with van der Waals surface area (Å²) in [5.41, 5.74) is 3.47. The number of carbonyl (C=O) groups excluding carboxylic acids is 2. The molecule has 0 saturated carbocycles. The summed E-state index contributed by atoms with van der Waals surface area (Å²) < 4.78 is 0. The molecule has 0 bridgehead atoms. The lowest BCUT2D eigenvalue weighted by Crippen LogP contribution is -2.32. The molecule has 0 radical (unpaired) electrons. The van der Waals surface area contributed by atoms with Crippen LogP contribution in [0.1, 0.15) is 47.4 Å². The van der Waals surface area contributed by atoms with E-state index in [0.717, 1.165) is 16.8 Å². The molecule has 30 heavy (non-hydrogen) atoms. The van der Waals surface area contributed by atoms with Gasteiger partial charge in [0, 0.05) is 11.3 Å². The van der Waals surface area contributed by atoms with Gasteiger partial charge in [0.05, 0.1) is 18.6 Å². The fraction of sp³-hybridized carbons (Fsp3) is 0.200. The Morgan fingerprint density at radius 3 is 1.73 bits per heavy atom. The van der Waals surface area contributed by atoms with E-state index >= 15 is 0 Å². The second-order valence-electron chi connectivity index (χ2n) is 7.24. The van der Waals surface area contributed by atoms with Crippen LogP contribution in [-0.4, -0.2) is 18.4 Å². The molecule has 0 spiro atoms. The van der Waals surface area contributed by atoms with Crippen molar-refractivity contribution in [2.45, 2.75) is 25.9 Å². The maximum atomic E-state index is 12.5. The molecule has 5 heteroatoms. The maximum absolute atomic E-state index is 12.5. The van der Waals surface area contributed by atoms with Crippen LogP contribution in [0.2, 0.25) is 0 Å². The van der Waals surface area contributed by atoms with Gasteiger partial charge >= 0.3 is 0 Å². The van der Waals surface area contributed by atoms with Gasteiger partial charge in [0.15, 0.2) is 0 Å². The third-order valence-corrected chi connectivity index (χ3v) is 4.92. The van der Waals surface area contributed by atoms with Gasteiger partial charge in [-0.2, -0.15) is 0 Å². The molecule has 0 aliphatic rings. The lowest BCUT2D eigenvalue weighted by Gasteiger charge is -2.15. The summed E-state index contributed by atoms with van der Waals surface area (Å²) in [5, 5.41) is 9.05. The van der Waals surface area contributed by atoms with Gasteiger partial charge in [0.1, 0.15) is 0 Å². The highest BCUT2D eigenvalue weighted by atomic mass is 16.2. The highest BCUT2D eigenvalue weighted by Crippen LogP contribution is 2.14. The lowest BCUT2D eigenvalue weighted by molar-refractivity contribution is -0.120. The van der Waals surface area contributed by atoms with Gasteiger partial charge in [-0.3, -0.25) is 9.59 Å². The van der Waals surface area contributed by atoms with Crippen LogP contribution >= 0.6 is 0 Å². The molecule has 2 unspecified atom stereocenters. The number of carbonyl (C=O) groups is 2. The van der Waals surface area contributed by atoms with Gasteiger partial charge in [-0.1, -0.05) is 60.7 Å². The molecule has 2 atom stereocenters. The van der Waals surface area contributed by atoms with Crippen LogP contribution in [0.25, 0.3) is 0 Å². The molecule has 0 aliphatic carbocycles. The Balaban J connectivity index is 1.48. The van der Waals surface area contributed by atoms with Crippen LogP contribution < -0.4 is 16.0 Å². The average Bonchev–Trinajstić information content (AvgIpc) is 2.79. The average molecular weight is 402 g/mol. The largest absolute Gasteiger partial charge is 0.376 e. The van der Waals surface area contributed by atoms with Crippen molar-refractivity contribution in [3.63, 3.8) is 0 Å². The number of anilines is 1. The first-order valence-electron chi connectivity index (χ1n) is 10.1. The summed E-state index contributed by atoms with van der Waals surface area (Å²) in [5.74, 6) is -0.225. The Morgan fingerprint density at radius 1 is 0.700 bits per heavy atom. The summed E-state index contributed by atoms with van der Waals surface area (Å²) in [7, 11) is 0. The third kappa shape index (κ3) is 5.95. The van der Waals surface area contributed by atoms with E-state index < -0.39 is 0 Å². The van der Waals surface area contributed by atoms with Gasteiger partial charge < -0.3 is 16.0 Å². The molecule has 0 heterocycles. The molecule has 0 aromatic heterocycles. The molecule has 0 saturated heterocycles. The topological polar surface area (TPSA) is 70.2 Å². The lowest BCUT2D eigenvalue weighted by atomic mass is 10.1. The zero-order chi connectivity index (χ0) is 21.3. The van der Waals surface area contributed by atoms with Crippen molar-refractivity contribution in [1.82, 2.24) is 10.6 Å². The molecular formula is C25H27N3O2. The van der Waals surface area contributed by atoms with Crippen molar-refractivity contribution < 1.29 is 9.59 Å².